The van der Waals surface area contributed by atoms with Crippen molar-refractivity contribution in [3.63, 3.8) is 0 Å². The molecule has 0 atom stereocenters. The fourth-order valence-electron chi connectivity index (χ4n) is 0. The van der Waals surface area contributed by atoms with E-state index >= 15 is 0 Å². The van der Waals surface area contributed by atoms with Crippen LogP contribution < -0.4 is 0 Å². The molecule has 0 aliphatic carbocycles. The van der Waals surface area contributed by atoms with E-state index in [0.29, 0.717) is 0 Å². The molecule has 0 aromatic carbocycles. The average molecular weight is 74.1 g/mol. The average Bonchev–Trinajstić information content (AvgIpc) is 1.38. The summed E-state index contributed by atoms with van der Waals surface area (Å²) in [4.78, 5) is 9.50. The van der Waals surface area contributed by atoms with Gasteiger partial charge >= 0.3 is 0 Å². The first-order valence-corrected chi connectivity index (χ1v) is 1.72. The van der Waals surface area contributed by atoms with Gasteiger partial charge in [-0.1, -0.05) is 13.8 Å². The molecule has 0 aromatic heterocycles. The Morgan fingerprint density at radius 1 is 1.60 bits per heavy atom. The summed E-state index contributed by atoms with van der Waals surface area (Å²) in [6.07, 6.45) is 0.917. The second-order valence-electron chi connectivity index (χ2n) is 1.38. The van der Waals surface area contributed by atoms with Gasteiger partial charge < -0.3 is 4.79 Å². The minimum absolute atomic E-state index is 0.204. The van der Waals surface area contributed by atoms with Gasteiger partial charge in [-0.3, -0.25) is 0 Å². The molecule has 0 aliphatic heterocycles. The standard InChI is InChI=1S/C4H8O/c1-4(2)3-5/h3-4H,1-2H3/i5+2. The maximum atomic E-state index is 9.50. The lowest BCUT2D eigenvalue weighted by Gasteiger charge is -1.78. The number of carbonyl (C=O) groups excluding carboxylic acids is 1. The van der Waals surface area contributed by atoms with Gasteiger partial charge in [0.05, 0.1) is 0 Å². The summed E-state index contributed by atoms with van der Waals surface area (Å²) in [6.45, 7) is 3.71. The largest absolute Gasteiger partial charge is 0.303 e. The second kappa shape index (κ2) is 1.94. The normalized spacial score (nSPS) is 8.60. The zero-order chi connectivity index (χ0) is 4.28. The molecule has 0 saturated heterocycles. The molecule has 0 unspecified atom stereocenters. The third-order valence-corrected chi connectivity index (χ3v) is 0.272. The summed E-state index contributed by atoms with van der Waals surface area (Å²) in [7, 11) is 0. The highest BCUT2D eigenvalue weighted by molar-refractivity contribution is 5.51. The van der Waals surface area contributed by atoms with Gasteiger partial charge in [0.2, 0.25) is 0 Å². The number of aldehydes is 1. The molecule has 0 N–H and O–H groups in total. The lowest BCUT2D eigenvalue weighted by atomic mass is 10.3. The minimum Gasteiger partial charge on any atom is -0.303 e. The Labute approximate surface area is 32.0 Å². The van der Waals surface area contributed by atoms with Crippen molar-refractivity contribution in [2.45, 2.75) is 13.8 Å². The predicted molar refractivity (Wildman–Crippen MR) is 20.9 cm³/mol. The topological polar surface area (TPSA) is 17.1 Å². The fraction of sp³-hybridized carbons (Fsp3) is 0.750. The summed E-state index contributed by atoms with van der Waals surface area (Å²) in [6, 6.07) is 0. The summed E-state index contributed by atoms with van der Waals surface area (Å²) < 4.78 is 0. The molecule has 1 nitrogen and oxygen atoms in total. The van der Waals surface area contributed by atoms with Gasteiger partial charge in [0.15, 0.2) is 0 Å². The SMILES string of the molecule is CC(C)C=[18O]. The molecule has 0 rings (SSSR count). The molecule has 1 heteroatoms. The van der Waals surface area contributed by atoms with Gasteiger partial charge in [-0.15, -0.1) is 0 Å². The van der Waals surface area contributed by atoms with E-state index in [0.717, 1.165) is 6.29 Å². The van der Waals surface area contributed by atoms with Crippen LogP contribution in [-0.2, 0) is 4.79 Å². The molecule has 30 valence electrons. The highest BCUT2D eigenvalue weighted by atomic mass is 18.1. The monoisotopic (exact) mass is 74.1 g/mol. The molecule has 0 aliphatic rings. The van der Waals surface area contributed by atoms with Crippen LogP contribution in [0.1, 0.15) is 13.8 Å². The van der Waals surface area contributed by atoms with Crippen LogP contribution in [0, 0.1) is 5.92 Å². The molecule has 0 heterocycles. The van der Waals surface area contributed by atoms with Crippen LogP contribution in [0.5, 0.6) is 0 Å². The Hall–Kier alpha value is -0.330. The van der Waals surface area contributed by atoms with Gasteiger partial charge in [-0.2, -0.15) is 0 Å². The number of hydrogen-bond donors (Lipinski definition) is 0. The summed E-state index contributed by atoms with van der Waals surface area (Å²) in [5.41, 5.74) is 0. The Kier molecular flexibility index (Phi) is 1.81. The lowest BCUT2D eigenvalue weighted by Crippen LogP contribution is -1.82. The van der Waals surface area contributed by atoms with Gasteiger partial charge in [0.1, 0.15) is 6.29 Å². The molecule has 0 aromatic rings. The van der Waals surface area contributed by atoms with Gasteiger partial charge in [0, 0.05) is 5.92 Å². The van der Waals surface area contributed by atoms with Gasteiger partial charge in [-0.05, 0) is 0 Å². The smallest absolute Gasteiger partial charge is 0.122 e. The van der Waals surface area contributed by atoms with Crippen molar-refractivity contribution in [2.75, 3.05) is 0 Å². The molecular formula is C4H8O. The number of carbonyl (C=O) groups is 1. The van der Waals surface area contributed by atoms with E-state index < -0.39 is 0 Å². The van der Waals surface area contributed by atoms with Crippen molar-refractivity contribution >= 4 is 6.29 Å². The Balaban J connectivity index is 2.83. The maximum Gasteiger partial charge on any atom is 0.122 e. The van der Waals surface area contributed by atoms with Crippen LogP contribution in [0.4, 0.5) is 0 Å². The first kappa shape index (κ1) is 4.67. The Morgan fingerprint density at radius 2 is 1.80 bits per heavy atom. The van der Waals surface area contributed by atoms with Crippen LogP contribution in [0.2, 0.25) is 0 Å². The Morgan fingerprint density at radius 3 is 1.80 bits per heavy atom. The van der Waals surface area contributed by atoms with E-state index in [1.165, 1.54) is 0 Å². The third-order valence-electron chi connectivity index (χ3n) is 0.272. The zero-order valence-electron chi connectivity index (χ0n) is 3.56. The van der Waals surface area contributed by atoms with E-state index in [1.54, 1.807) is 0 Å². The number of hydrogen-bond acceptors (Lipinski definition) is 1. The zero-order valence-corrected chi connectivity index (χ0v) is 3.56. The van der Waals surface area contributed by atoms with Crippen LogP contribution in [0.25, 0.3) is 0 Å². The van der Waals surface area contributed by atoms with Crippen LogP contribution >= 0.6 is 0 Å². The Bertz CT molecular complexity index is 30.6. The van der Waals surface area contributed by atoms with Crippen LogP contribution in [-0.4, -0.2) is 6.29 Å². The maximum absolute atomic E-state index is 9.50. The third kappa shape index (κ3) is 3.67. The summed E-state index contributed by atoms with van der Waals surface area (Å²) >= 11 is 0. The minimum atomic E-state index is 0.204. The van der Waals surface area contributed by atoms with Crippen LogP contribution in [0.15, 0.2) is 0 Å². The van der Waals surface area contributed by atoms with E-state index in [9.17, 15) is 4.79 Å². The van der Waals surface area contributed by atoms with E-state index in [4.69, 9.17) is 0 Å². The summed E-state index contributed by atoms with van der Waals surface area (Å²) in [5.74, 6) is 0.204. The molecule has 0 fully saturated rings. The van der Waals surface area contributed by atoms with Crippen molar-refractivity contribution in [3.8, 4) is 0 Å². The van der Waals surface area contributed by atoms with E-state index in [1.807, 2.05) is 13.8 Å². The number of rotatable bonds is 1. The molecule has 0 radical (unpaired) electrons. The highest BCUT2D eigenvalue weighted by Gasteiger charge is 1.79. The first-order valence-electron chi connectivity index (χ1n) is 1.72. The molecule has 0 saturated carbocycles. The molecule has 5 heavy (non-hydrogen) atoms. The lowest BCUT2D eigenvalue weighted by molar-refractivity contribution is -0.110. The highest BCUT2D eigenvalue weighted by Crippen LogP contribution is 1.78. The molecule has 0 bridgehead atoms. The molecule has 0 amide bonds. The van der Waals surface area contributed by atoms with Gasteiger partial charge in [-0.25, -0.2) is 0 Å². The first-order chi connectivity index (χ1) is 2.27. The molecular weight excluding hydrogens is 66.0 g/mol. The fourth-order valence-corrected chi connectivity index (χ4v) is 0. The van der Waals surface area contributed by atoms with Crippen molar-refractivity contribution < 1.29 is 4.79 Å². The van der Waals surface area contributed by atoms with Crippen molar-refractivity contribution in [1.82, 2.24) is 0 Å². The quantitative estimate of drug-likeness (QED) is 0.333. The van der Waals surface area contributed by atoms with Crippen molar-refractivity contribution in [1.29, 1.82) is 0 Å². The predicted octanol–water partition coefficient (Wildman–Crippen LogP) is 0.841. The summed E-state index contributed by atoms with van der Waals surface area (Å²) in [5, 5.41) is 0. The van der Waals surface area contributed by atoms with Crippen molar-refractivity contribution in [2.24, 2.45) is 5.92 Å². The van der Waals surface area contributed by atoms with E-state index in [2.05, 4.69) is 0 Å². The second-order valence-corrected chi connectivity index (χ2v) is 1.38. The van der Waals surface area contributed by atoms with Gasteiger partial charge in [0.25, 0.3) is 0 Å². The van der Waals surface area contributed by atoms with Crippen molar-refractivity contribution in [3.05, 3.63) is 0 Å². The molecule has 0 spiro atoms. The van der Waals surface area contributed by atoms with Crippen LogP contribution in [0.3, 0.4) is 0 Å². The van der Waals surface area contributed by atoms with E-state index in [-0.39, 0.29) is 5.92 Å².